The molecule has 2 heterocycles. The van der Waals surface area contributed by atoms with Gasteiger partial charge in [0.05, 0.1) is 21.8 Å². The summed E-state index contributed by atoms with van der Waals surface area (Å²) in [5.74, 6) is -1.26. The summed E-state index contributed by atoms with van der Waals surface area (Å²) in [5.41, 5.74) is 2.40. The van der Waals surface area contributed by atoms with Crippen LogP contribution in [-0.4, -0.2) is 36.1 Å². The van der Waals surface area contributed by atoms with Crippen LogP contribution in [0, 0.1) is 0 Å². The third kappa shape index (κ3) is 3.45. The van der Waals surface area contributed by atoms with Crippen LogP contribution < -0.4 is 4.90 Å². The number of hydrogen-bond acceptors (Lipinski definition) is 6. The molecule has 0 radical (unpaired) electrons. The smallest absolute Gasteiger partial charge is 0.335 e. The number of anilines is 1. The Morgan fingerprint density at radius 2 is 1.75 bits per heavy atom. The molecule has 0 saturated carbocycles. The predicted molar refractivity (Wildman–Crippen MR) is 110 cm³/mol. The number of hydrogen-bond donors (Lipinski definition) is 1. The number of nitrogens with zero attached hydrogens (tertiary/aromatic N) is 4. The summed E-state index contributed by atoms with van der Waals surface area (Å²) in [6.07, 6.45) is 4.84. The summed E-state index contributed by atoms with van der Waals surface area (Å²) < 4.78 is 2.04. The zero-order chi connectivity index (χ0) is 19.7. The molecule has 1 amide bonds. The Hall–Kier alpha value is -3.30. The first-order valence-corrected chi connectivity index (χ1v) is 9.32. The van der Waals surface area contributed by atoms with Gasteiger partial charge in [0.15, 0.2) is 4.32 Å². The maximum Gasteiger partial charge on any atom is 0.335 e. The van der Waals surface area contributed by atoms with Crippen LogP contribution >= 0.6 is 24.0 Å². The molecule has 0 aliphatic carbocycles. The van der Waals surface area contributed by atoms with Gasteiger partial charge in [-0.2, -0.15) is 5.10 Å². The molecule has 7 nitrogen and oxygen atoms in total. The number of aromatic nitrogens is 3. The molecular formula is C19H12N4O3S2. The second kappa shape index (κ2) is 7.37. The molecule has 3 aromatic rings. The molecule has 1 aliphatic heterocycles. The highest BCUT2D eigenvalue weighted by molar-refractivity contribution is 8.27. The Bertz CT molecular complexity index is 1090. The minimum atomic E-state index is -1.02. The van der Waals surface area contributed by atoms with Crippen LogP contribution in [0.5, 0.6) is 0 Å². The number of thioether (sulfide) groups is 1. The summed E-state index contributed by atoms with van der Waals surface area (Å²) >= 11 is 6.55. The maximum absolute atomic E-state index is 12.8. The van der Waals surface area contributed by atoms with Gasteiger partial charge in [0, 0.05) is 0 Å². The predicted octanol–water partition coefficient (Wildman–Crippen LogP) is 3.37. The molecular weight excluding hydrogens is 396 g/mol. The normalized spacial score (nSPS) is 15.4. The molecule has 1 saturated heterocycles. The molecule has 138 valence electrons. The molecule has 1 aromatic heterocycles. The van der Waals surface area contributed by atoms with Gasteiger partial charge in [-0.25, -0.2) is 14.5 Å². The van der Waals surface area contributed by atoms with Crippen LogP contribution in [0.2, 0.25) is 0 Å². The van der Waals surface area contributed by atoms with E-state index >= 15 is 0 Å². The largest absolute Gasteiger partial charge is 0.478 e. The van der Waals surface area contributed by atoms with Crippen molar-refractivity contribution in [2.24, 2.45) is 0 Å². The van der Waals surface area contributed by atoms with Crippen molar-refractivity contribution in [3.8, 4) is 5.69 Å². The van der Waals surface area contributed by atoms with Crippen molar-refractivity contribution in [2.75, 3.05) is 4.90 Å². The van der Waals surface area contributed by atoms with E-state index in [1.54, 1.807) is 29.2 Å². The monoisotopic (exact) mass is 408 g/mol. The molecule has 0 spiro atoms. The highest BCUT2D eigenvalue weighted by Crippen LogP contribution is 2.36. The third-order valence-electron chi connectivity index (χ3n) is 4.04. The van der Waals surface area contributed by atoms with E-state index in [1.807, 2.05) is 24.3 Å². The highest BCUT2D eigenvalue weighted by Gasteiger charge is 2.33. The summed E-state index contributed by atoms with van der Waals surface area (Å²) in [5, 5.41) is 13.1. The minimum Gasteiger partial charge on any atom is -0.478 e. The first-order valence-electron chi connectivity index (χ1n) is 8.09. The second-order valence-corrected chi connectivity index (χ2v) is 7.48. The quantitative estimate of drug-likeness (QED) is 0.523. The Labute approximate surface area is 169 Å². The van der Waals surface area contributed by atoms with E-state index in [0.717, 1.165) is 11.3 Å². The summed E-state index contributed by atoms with van der Waals surface area (Å²) in [6, 6.07) is 13.6. The minimum absolute atomic E-state index is 0.150. The van der Waals surface area contributed by atoms with Crippen LogP contribution in [0.3, 0.4) is 0 Å². The van der Waals surface area contributed by atoms with E-state index < -0.39 is 5.97 Å². The molecule has 9 heteroatoms. The lowest BCUT2D eigenvalue weighted by Gasteiger charge is -2.14. The van der Waals surface area contributed by atoms with Crippen molar-refractivity contribution in [3.05, 3.63) is 77.2 Å². The average Bonchev–Trinajstić information content (AvgIpc) is 3.31. The number of carbonyl (C=O) groups is 2. The van der Waals surface area contributed by atoms with E-state index in [0.29, 0.717) is 14.9 Å². The van der Waals surface area contributed by atoms with E-state index in [1.165, 1.54) is 35.1 Å². The molecule has 28 heavy (non-hydrogen) atoms. The van der Waals surface area contributed by atoms with Crippen LogP contribution in [0.4, 0.5) is 5.69 Å². The number of aromatic carboxylic acids is 1. The summed E-state index contributed by atoms with van der Waals surface area (Å²) in [6.45, 7) is 0. The second-order valence-electron chi connectivity index (χ2n) is 5.80. The molecule has 2 aromatic carbocycles. The van der Waals surface area contributed by atoms with Crippen LogP contribution in [0.1, 0.15) is 15.9 Å². The van der Waals surface area contributed by atoms with Gasteiger partial charge in [0.1, 0.15) is 12.7 Å². The van der Waals surface area contributed by atoms with Crippen molar-refractivity contribution >= 4 is 51.9 Å². The standard InChI is InChI=1S/C19H12N4O3S2/c24-17-16(9-12-1-5-14(6-2-12)22-11-20-10-21-22)28-19(27)23(17)15-7-3-13(4-8-15)18(25)26/h1-11H,(H,25,26). The zero-order valence-electron chi connectivity index (χ0n) is 14.2. The lowest BCUT2D eigenvalue weighted by molar-refractivity contribution is -0.113. The van der Waals surface area contributed by atoms with Crippen molar-refractivity contribution in [1.29, 1.82) is 0 Å². The number of carboxylic acids is 1. The topological polar surface area (TPSA) is 88.3 Å². The van der Waals surface area contributed by atoms with Crippen molar-refractivity contribution in [2.45, 2.75) is 0 Å². The van der Waals surface area contributed by atoms with E-state index in [4.69, 9.17) is 17.3 Å². The SMILES string of the molecule is O=C(O)c1ccc(N2C(=O)C(=Cc3ccc(-n4cncn4)cc3)SC2=S)cc1. The van der Waals surface area contributed by atoms with E-state index in [-0.39, 0.29) is 11.5 Å². The molecule has 1 N–H and O–H groups in total. The number of carbonyl (C=O) groups excluding carboxylic acids is 1. The van der Waals surface area contributed by atoms with Crippen LogP contribution in [-0.2, 0) is 4.79 Å². The van der Waals surface area contributed by atoms with E-state index in [9.17, 15) is 9.59 Å². The van der Waals surface area contributed by atoms with Gasteiger partial charge < -0.3 is 5.11 Å². The molecule has 4 rings (SSSR count). The van der Waals surface area contributed by atoms with Crippen molar-refractivity contribution in [3.63, 3.8) is 0 Å². The Balaban J connectivity index is 1.57. The number of rotatable bonds is 4. The Kier molecular flexibility index (Phi) is 4.76. The van der Waals surface area contributed by atoms with Gasteiger partial charge >= 0.3 is 5.97 Å². The van der Waals surface area contributed by atoms with Crippen LogP contribution in [0.25, 0.3) is 11.8 Å². The number of thiocarbonyl (C=S) groups is 1. The fourth-order valence-corrected chi connectivity index (χ4v) is 3.96. The number of carboxylic acid groups (broad SMARTS) is 1. The number of benzene rings is 2. The highest BCUT2D eigenvalue weighted by atomic mass is 32.2. The zero-order valence-corrected chi connectivity index (χ0v) is 15.9. The molecule has 1 fully saturated rings. The lowest BCUT2D eigenvalue weighted by atomic mass is 10.1. The fraction of sp³-hybridized carbons (Fsp3) is 0. The third-order valence-corrected chi connectivity index (χ3v) is 5.34. The first kappa shape index (κ1) is 18.1. The summed E-state index contributed by atoms with van der Waals surface area (Å²) in [4.78, 5) is 29.6. The first-order chi connectivity index (χ1) is 13.5. The Morgan fingerprint density at radius 1 is 1.07 bits per heavy atom. The van der Waals surface area contributed by atoms with Gasteiger partial charge in [0.2, 0.25) is 0 Å². The van der Waals surface area contributed by atoms with Gasteiger partial charge in [-0.1, -0.05) is 36.1 Å². The molecule has 0 bridgehead atoms. The number of amides is 1. The van der Waals surface area contributed by atoms with Gasteiger partial charge in [-0.05, 0) is 48.0 Å². The van der Waals surface area contributed by atoms with Gasteiger partial charge in [-0.3, -0.25) is 9.69 Å². The molecule has 0 atom stereocenters. The van der Waals surface area contributed by atoms with Crippen molar-refractivity contribution in [1.82, 2.24) is 14.8 Å². The Morgan fingerprint density at radius 3 is 2.36 bits per heavy atom. The average molecular weight is 408 g/mol. The molecule has 1 aliphatic rings. The molecule has 0 unspecified atom stereocenters. The summed E-state index contributed by atoms with van der Waals surface area (Å²) in [7, 11) is 0. The fourth-order valence-electron chi connectivity index (χ4n) is 2.66. The van der Waals surface area contributed by atoms with Gasteiger partial charge in [0.25, 0.3) is 5.91 Å². The lowest BCUT2D eigenvalue weighted by Crippen LogP contribution is -2.27. The van der Waals surface area contributed by atoms with Crippen molar-refractivity contribution < 1.29 is 14.7 Å². The van der Waals surface area contributed by atoms with Gasteiger partial charge in [-0.15, -0.1) is 0 Å². The van der Waals surface area contributed by atoms with Crippen LogP contribution in [0.15, 0.2) is 66.1 Å². The van der Waals surface area contributed by atoms with E-state index in [2.05, 4.69) is 10.1 Å². The maximum atomic E-state index is 12.8.